The van der Waals surface area contributed by atoms with Crippen LogP contribution in [-0.4, -0.2) is 29.9 Å². The average Bonchev–Trinajstić information content (AvgIpc) is 2.91. The molecule has 1 fully saturated rings. The Bertz CT molecular complexity index is 513. The number of amides is 1. The van der Waals surface area contributed by atoms with Gasteiger partial charge in [0.25, 0.3) is 0 Å². The number of anilines is 2. The van der Waals surface area contributed by atoms with Crippen LogP contribution in [0, 0.1) is 18.8 Å². The van der Waals surface area contributed by atoms with E-state index in [0.29, 0.717) is 17.5 Å². The molecule has 1 amide bonds. The van der Waals surface area contributed by atoms with Crippen LogP contribution in [0.4, 0.5) is 11.4 Å². The van der Waals surface area contributed by atoms with Crippen LogP contribution in [0.15, 0.2) is 18.2 Å². The van der Waals surface area contributed by atoms with Gasteiger partial charge in [-0.15, -0.1) is 0 Å². The van der Waals surface area contributed by atoms with E-state index in [4.69, 9.17) is 5.73 Å². The summed E-state index contributed by atoms with van der Waals surface area (Å²) in [6.45, 7) is 10.5. The average molecular weight is 289 g/mol. The summed E-state index contributed by atoms with van der Waals surface area (Å²) in [6, 6.07) is 5.50. The lowest BCUT2D eigenvalue weighted by Crippen LogP contribution is -2.41. The number of nitrogens with two attached hydrogens (primary N) is 1. The normalized spacial score (nSPS) is 20.7. The molecule has 4 heteroatoms. The zero-order valence-corrected chi connectivity index (χ0v) is 13.5. The van der Waals surface area contributed by atoms with Gasteiger partial charge in [0.1, 0.15) is 0 Å². The molecule has 1 aliphatic rings. The van der Waals surface area contributed by atoms with Crippen LogP contribution in [-0.2, 0) is 4.79 Å². The van der Waals surface area contributed by atoms with Gasteiger partial charge in [0.2, 0.25) is 5.91 Å². The van der Waals surface area contributed by atoms with E-state index in [1.165, 1.54) is 6.42 Å². The second kappa shape index (κ2) is 6.48. The molecule has 1 aromatic rings. The molecule has 116 valence electrons. The number of carbonyl (C=O) groups excluding carboxylic acids is 1. The Kier molecular flexibility index (Phi) is 4.88. The van der Waals surface area contributed by atoms with Crippen molar-refractivity contribution in [3.05, 3.63) is 23.8 Å². The molecule has 1 saturated heterocycles. The van der Waals surface area contributed by atoms with Crippen LogP contribution in [0.5, 0.6) is 0 Å². The number of carbonyl (C=O) groups is 1. The van der Waals surface area contributed by atoms with E-state index in [1.54, 1.807) is 0 Å². The van der Waals surface area contributed by atoms with Gasteiger partial charge in [0, 0.05) is 17.9 Å². The maximum absolute atomic E-state index is 12.4. The van der Waals surface area contributed by atoms with E-state index in [9.17, 15) is 4.79 Å². The van der Waals surface area contributed by atoms with Gasteiger partial charge in [-0.3, -0.25) is 9.69 Å². The van der Waals surface area contributed by atoms with Crippen molar-refractivity contribution in [2.45, 2.75) is 40.2 Å². The fourth-order valence-electron chi connectivity index (χ4n) is 2.89. The molecule has 2 rings (SSSR count). The molecule has 1 aromatic carbocycles. The molecule has 0 bridgehead atoms. The number of hydrogen-bond acceptors (Lipinski definition) is 3. The highest BCUT2D eigenvalue weighted by molar-refractivity contribution is 5.95. The van der Waals surface area contributed by atoms with Crippen molar-refractivity contribution in [2.75, 3.05) is 24.1 Å². The topological polar surface area (TPSA) is 58.4 Å². The highest BCUT2D eigenvalue weighted by atomic mass is 16.2. The maximum Gasteiger partial charge on any atom is 0.241 e. The Morgan fingerprint density at radius 1 is 1.38 bits per heavy atom. The monoisotopic (exact) mass is 289 g/mol. The van der Waals surface area contributed by atoms with E-state index in [-0.39, 0.29) is 11.9 Å². The lowest BCUT2D eigenvalue weighted by Gasteiger charge is -2.24. The van der Waals surface area contributed by atoms with Gasteiger partial charge in [0.15, 0.2) is 0 Å². The molecule has 0 radical (unpaired) electrons. The van der Waals surface area contributed by atoms with Crippen molar-refractivity contribution in [2.24, 2.45) is 11.8 Å². The van der Waals surface area contributed by atoms with Crippen molar-refractivity contribution >= 4 is 17.3 Å². The number of benzene rings is 1. The summed E-state index contributed by atoms with van der Waals surface area (Å²) in [5.41, 5.74) is 8.31. The smallest absolute Gasteiger partial charge is 0.241 e. The van der Waals surface area contributed by atoms with Crippen LogP contribution in [0.25, 0.3) is 0 Å². The molecule has 0 aliphatic carbocycles. The first-order chi connectivity index (χ1) is 9.88. The molecule has 0 aromatic heterocycles. The first kappa shape index (κ1) is 15.8. The zero-order chi connectivity index (χ0) is 15.6. The third kappa shape index (κ3) is 3.76. The second-order valence-electron chi connectivity index (χ2n) is 6.53. The quantitative estimate of drug-likeness (QED) is 0.838. The van der Waals surface area contributed by atoms with Crippen LogP contribution in [0.3, 0.4) is 0 Å². The first-order valence-corrected chi connectivity index (χ1v) is 7.79. The van der Waals surface area contributed by atoms with Gasteiger partial charge in [-0.2, -0.15) is 0 Å². The van der Waals surface area contributed by atoms with Gasteiger partial charge in [-0.1, -0.05) is 19.9 Å². The maximum atomic E-state index is 12.4. The Balaban J connectivity index is 1.99. The van der Waals surface area contributed by atoms with Crippen LogP contribution >= 0.6 is 0 Å². The SMILES string of the molecule is Cc1ccc(N)cc1NC(=O)C(C)N1CCC(C(C)C)C1. The van der Waals surface area contributed by atoms with Crippen LogP contribution in [0.1, 0.15) is 32.8 Å². The summed E-state index contributed by atoms with van der Waals surface area (Å²) in [4.78, 5) is 14.7. The Hall–Kier alpha value is -1.55. The van der Waals surface area contributed by atoms with Gasteiger partial charge >= 0.3 is 0 Å². The molecular formula is C17H27N3O. The van der Waals surface area contributed by atoms with E-state index in [2.05, 4.69) is 24.1 Å². The van der Waals surface area contributed by atoms with Crippen LogP contribution < -0.4 is 11.1 Å². The minimum atomic E-state index is -0.102. The summed E-state index contributed by atoms with van der Waals surface area (Å²) < 4.78 is 0. The van der Waals surface area contributed by atoms with Crippen molar-refractivity contribution in [3.8, 4) is 0 Å². The Morgan fingerprint density at radius 2 is 2.10 bits per heavy atom. The standard InChI is InChI=1S/C17H27N3O/c1-11(2)14-7-8-20(10-14)13(4)17(21)19-16-9-15(18)6-5-12(16)3/h5-6,9,11,13-14H,7-8,10,18H2,1-4H3,(H,19,21). The highest BCUT2D eigenvalue weighted by Crippen LogP contribution is 2.26. The summed E-state index contributed by atoms with van der Waals surface area (Å²) >= 11 is 0. The number of hydrogen-bond donors (Lipinski definition) is 2. The number of nitrogens with zero attached hydrogens (tertiary/aromatic N) is 1. The third-order valence-corrected chi connectivity index (χ3v) is 4.65. The molecule has 1 heterocycles. The lowest BCUT2D eigenvalue weighted by atomic mass is 9.95. The summed E-state index contributed by atoms with van der Waals surface area (Å²) in [7, 11) is 0. The molecular weight excluding hydrogens is 262 g/mol. The number of rotatable bonds is 4. The Morgan fingerprint density at radius 3 is 2.71 bits per heavy atom. The van der Waals surface area contributed by atoms with Gasteiger partial charge in [-0.05, 0) is 56.3 Å². The molecule has 0 saturated carbocycles. The first-order valence-electron chi connectivity index (χ1n) is 7.79. The van der Waals surface area contributed by atoms with Gasteiger partial charge in [0.05, 0.1) is 6.04 Å². The minimum absolute atomic E-state index is 0.0492. The second-order valence-corrected chi connectivity index (χ2v) is 6.53. The number of nitrogen functional groups attached to an aromatic ring is 1. The Labute approximate surface area is 127 Å². The largest absolute Gasteiger partial charge is 0.399 e. The van der Waals surface area contributed by atoms with Gasteiger partial charge < -0.3 is 11.1 Å². The molecule has 21 heavy (non-hydrogen) atoms. The summed E-state index contributed by atoms with van der Waals surface area (Å²) in [6.07, 6.45) is 1.19. The van der Waals surface area contributed by atoms with Crippen molar-refractivity contribution < 1.29 is 4.79 Å². The minimum Gasteiger partial charge on any atom is -0.399 e. The van der Waals surface area contributed by atoms with Crippen molar-refractivity contribution in [1.29, 1.82) is 0 Å². The predicted molar refractivity (Wildman–Crippen MR) is 88.2 cm³/mol. The molecule has 2 unspecified atom stereocenters. The molecule has 1 aliphatic heterocycles. The molecule has 3 N–H and O–H groups in total. The van der Waals surface area contributed by atoms with Crippen molar-refractivity contribution in [1.82, 2.24) is 4.90 Å². The highest BCUT2D eigenvalue weighted by Gasteiger charge is 2.30. The molecule has 0 spiro atoms. The zero-order valence-electron chi connectivity index (χ0n) is 13.5. The number of aryl methyl sites for hydroxylation is 1. The van der Waals surface area contributed by atoms with Crippen molar-refractivity contribution in [3.63, 3.8) is 0 Å². The van der Waals surface area contributed by atoms with Gasteiger partial charge in [-0.25, -0.2) is 0 Å². The summed E-state index contributed by atoms with van der Waals surface area (Å²) in [5.74, 6) is 1.43. The molecule has 2 atom stereocenters. The number of nitrogens with one attached hydrogen (secondary N) is 1. The van der Waals surface area contributed by atoms with E-state index in [0.717, 1.165) is 24.3 Å². The number of likely N-dealkylation sites (tertiary alicyclic amines) is 1. The fourth-order valence-corrected chi connectivity index (χ4v) is 2.89. The van der Waals surface area contributed by atoms with Crippen LogP contribution in [0.2, 0.25) is 0 Å². The fraction of sp³-hybridized carbons (Fsp3) is 0.588. The molecule has 4 nitrogen and oxygen atoms in total. The third-order valence-electron chi connectivity index (χ3n) is 4.65. The predicted octanol–water partition coefficient (Wildman–Crippen LogP) is 2.88. The van der Waals surface area contributed by atoms with E-state index < -0.39 is 0 Å². The van der Waals surface area contributed by atoms with E-state index >= 15 is 0 Å². The lowest BCUT2D eigenvalue weighted by molar-refractivity contribution is -0.120. The van der Waals surface area contributed by atoms with E-state index in [1.807, 2.05) is 32.0 Å². The summed E-state index contributed by atoms with van der Waals surface area (Å²) in [5, 5.41) is 3.01.